The van der Waals surface area contributed by atoms with Crippen LogP contribution in [-0.2, 0) is 22.5 Å². The molecular weight excluding hydrogens is 350 g/mol. The van der Waals surface area contributed by atoms with Gasteiger partial charge in [0, 0.05) is 6.54 Å². The maximum absolute atomic E-state index is 12.3. The van der Waals surface area contributed by atoms with Gasteiger partial charge in [-0.1, -0.05) is 12.1 Å². The van der Waals surface area contributed by atoms with Gasteiger partial charge in [0.05, 0.1) is 40.4 Å². The van der Waals surface area contributed by atoms with Gasteiger partial charge in [-0.05, 0) is 35.4 Å². The van der Waals surface area contributed by atoms with Crippen molar-refractivity contribution in [1.82, 2.24) is 5.32 Å². The van der Waals surface area contributed by atoms with Crippen LogP contribution < -0.4 is 19.5 Å². The number of hydrogen-bond donors (Lipinski definition) is 1. The van der Waals surface area contributed by atoms with Crippen molar-refractivity contribution in [2.24, 2.45) is 0 Å². The van der Waals surface area contributed by atoms with Gasteiger partial charge in [0.15, 0.2) is 11.5 Å². The molecule has 2 aromatic rings. The SMILES string of the molecule is COC(=O)c1ccc(CNC(=O)Cc2cc(OC)c(OC)c(OC)c2)cc1. The van der Waals surface area contributed by atoms with E-state index in [4.69, 9.17) is 14.2 Å². The number of carbonyl (C=O) groups is 2. The molecule has 0 aliphatic carbocycles. The van der Waals surface area contributed by atoms with Gasteiger partial charge in [-0.2, -0.15) is 0 Å². The second-order valence-electron chi connectivity index (χ2n) is 5.68. The average molecular weight is 373 g/mol. The molecule has 0 atom stereocenters. The molecule has 0 unspecified atom stereocenters. The Morgan fingerprint density at radius 1 is 0.852 bits per heavy atom. The topological polar surface area (TPSA) is 83.1 Å². The van der Waals surface area contributed by atoms with Crippen LogP contribution in [0.2, 0.25) is 0 Å². The Bertz CT molecular complexity index is 776. The van der Waals surface area contributed by atoms with Crippen molar-refractivity contribution in [2.45, 2.75) is 13.0 Å². The summed E-state index contributed by atoms with van der Waals surface area (Å²) in [5, 5.41) is 2.85. The van der Waals surface area contributed by atoms with Crippen molar-refractivity contribution in [3.8, 4) is 17.2 Å². The Balaban J connectivity index is 2.00. The number of ether oxygens (including phenoxy) is 4. The Hall–Kier alpha value is -3.22. The quantitative estimate of drug-likeness (QED) is 0.715. The van der Waals surface area contributed by atoms with Gasteiger partial charge in [-0.15, -0.1) is 0 Å². The van der Waals surface area contributed by atoms with Gasteiger partial charge in [0.25, 0.3) is 0 Å². The van der Waals surface area contributed by atoms with E-state index in [1.807, 2.05) is 0 Å². The van der Waals surface area contributed by atoms with Crippen LogP contribution in [0, 0.1) is 0 Å². The molecule has 0 aromatic heterocycles. The minimum Gasteiger partial charge on any atom is -0.493 e. The Morgan fingerprint density at radius 2 is 1.44 bits per heavy atom. The minimum absolute atomic E-state index is 0.152. The van der Waals surface area contributed by atoms with E-state index < -0.39 is 5.97 Å². The highest BCUT2D eigenvalue weighted by Gasteiger charge is 2.15. The predicted octanol–water partition coefficient (Wildman–Crippen LogP) is 2.36. The molecule has 1 N–H and O–H groups in total. The summed E-state index contributed by atoms with van der Waals surface area (Å²) in [5.41, 5.74) is 2.08. The number of esters is 1. The van der Waals surface area contributed by atoms with Crippen molar-refractivity contribution >= 4 is 11.9 Å². The summed E-state index contributed by atoms with van der Waals surface area (Å²) in [6, 6.07) is 10.3. The van der Waals surface area contributed by atoms with Gasteiger partial charge in [0.2, 0.25) is 11.7 Å². The highest BCUT2D eigenvalue weighted by Crippen LogP contribution is 2.38. The molecule has 0 aliphatic rings. The van der Waals surface area contributed by atoms with E-state index in [2.05, 4.69) is 10.1 Å². The minimum atomic E-state index is -0.395. The summed E-state index contributed by atoms with van der Waals surface area (Å²) in [6.07, 6.45) is 0.164. The fourth-order valence-corrected chi connectivity index (χ4v) is 2.56. The van der Waals surface area contributed by atoms with Crippen molar-refractivity contribution in [3.63, 3.8) is 0 Å². The lowest BCUT2D eigenvalue weighted by atomic mass is 10.1. The number of rotatable bonds is 8. The molecule has 1 amide bonds. The van der Waals surface area contributed by atoms with Crippen molar-refractivity contribution in [1.29, 1.82) is 0 Å². The molecule has 0 spiro atoms. The number of carbonyl (C=O) groups excluding carboxylic acids is 2. The molecule has 0 saturated heterocycles. The molecular formula is C20H23NO6. The van der Waals surface area contributed by atoms with Crippen LogP contribution in [0.25, 0.3) is 0 Å². The summed E-state index contributed by atoms with van der Waals surface area (Å²) in [7, 11) is 5.91. The standard InChI is InChI=1S/C20H23NO6/c1-24-16-9-14(10-17(25-2)19(16)26-3)11-18(22)21-12-13-5-7-15(8-6-13)20(23)27-4/h5-10H,11-12H2,1-4H3,(H,21,22). The molecule has 0 radical (unpaired) electrons. The third-order valence-electron chi connectivity index (χ3n) is 3.95. The summed E-state index contributed by atoms with van der Waals surface area (Å²) in [4.78, 5) is 23.7. The summed E-state index contributed by atoms with van der Waals surface area (Å²) in [6.45, 7) is 0.352. The summed E-state index contributed by atoms with van der Waals surface area (Å²) < 4.78 is 20.5. The van der Waals surface area contributed by atoms with E-state index in [0.717, 1.165) is 11.1 Å². The van der Waals surface area contributed by atoms with Crippen LogP contribution in [0.4, 0.5) is 0 Å². The Labute approximate surface area is 158 Å². The molecule has 0 aliphatic heterocycles. The average Bonchev–Trinajstić information content (AvgIpc) is 2.71. The highest BCUT2D eigenvalue weighted by atomic mass is 16.5. The van der Waals surface area contributed by atoms with Gasteiger partial charge in [-0.25, -0.2) is 4.79 Å². The monoisotopic (exact) mass is 373 g/mol. The summed E-state index contributed by atoms with van der Waals surface area (Å²) in [5.74, 6) is 0.931. The van der Waals surface area contributed by atoms with Gasteiger partial charge in [0.1, 0.15) is 0 Å². The fourth-order valence-electron chi connectivity index (χ4n) is 2.56. The van der Waals surface area contributed by atoms with Crippen LogP contribution in [0.15, 0.2) is 36.4 Å². The van der Waals surface area contributed by atoms with Crippen LogP contribution >= 0.6 is 0 Å². The van der Waals surface area contributed by atoms with Crippen molar-refractivity contribution in [3.05, 3.63) is 53.1 Å². The largest absolute Gasteiger partial charge is 0.493 e. The molecule has 2 aromatic carbocycles. The molecule has 0 bridgehead atoms. The molecule has 2 rings (SSSR count). The zero-order valence-corrected chi connectivity index (χ0v) is 15.8. The molecule has 0 fully saturated rings. The maximum Gasteiger partial charge on any atom is 0.337 e. The normalized spacial score (nSPS) is 10.1. The fraction of sp³-hybridized carbons (Fsp3) is 0.300. The zero-order chi connectivity index (χ0) is 19.8. The molecule has 0 heterocycles. The van der Waals surface area contributed by atoms with E-state index >= 15 is 0 Å². The molecule has 144 valence electrons. The summed E-state index contributed by atoms with van der Waals surface area (Å²) >= 11 is 0. The number of nitrogens with one attached hydrogen (secondary N) is 1. The zero-order valence-electron chi connectivity index (χ0n) is 15.8. The van der Waals surface area contributed by atoms with Gasteiger partial charge < -0.3 is 24.3 Å². The third-order valence-corrected chi connectivity index (χ3v) is 3.95. The third kappa shape index (κ3) is 5.13. The smallest absolute Gasteiger partial charge is 0.337 e. The number of benzene rings is 2. The first kappa shape index (κ1) is 20.1. The van der Waals surface area contributed by atoms with E-state index in [9.17, 15) is 9.59 Å². The van der Waals surface area contributed by atoms with Crippen molar-refractivity contribution < 1.29 is 28.5 Å². The van der Waals surface area contributed by atoms with Crippen LogP contribution in [0.1, 0.15) is 21.5 Å². The Morgan fingerprint density at radius 3 is 1.93 bits per heavy atom. The van der Waals surface area contributed by atoms with Crippen LogP contribution in [0.3, 0.4) is 0 Å². The lowest BCUT2D eigenvalue weighted by Crippen LogP contribution is -2.24. The molecule has 7 nitrogen and oxygen atoms in total. The first-order valence-corrected chi connectivity index (χ1v) is 8.25. The Kier molecular flexibility index (Phi) is 7.05. The number of methoxy groups -OCH3 is 4. The van der Waals surface area contributed by atoms with E-state index in [0.29, 0.717) is 29.4 Å². The molecule has 7 heteroatoms. The first-order chi connectivity index (χ1) is 13.0. The second kappa shape index (κ2) is 9.47. The molecule has 0 saturated carbocycles. The lowest BCUT2D eigenvalue weighted by molar-refractivity contribution is -0.120. The highest BCUT2D eigenvalue weighted by molar-refractivity contribution is 5.89. The van der Waals surface area contributed by atoms with Gasteiger partial charge in [-0.3, -0.25) is 4.79 Å². The van der Waals surface area contributed by atoms with Crippen molar-refractivity contribution in [2.75, 3.05) is 28.4 Å². The predicted molar refractivity (Wildman–Crippen MR) is 99.4 cm³/mol. The van der Waals surface area contributed by atoms with Crippen LogP contribution in [-0.4, -0.2) is 40.3 Å². The number of amides is 1. The van der Waals surface area contributed by atoms with E-state index in [-0.39, 0.29) is 12.3 Å². The van der Waals surface area contributed by atoms with E-state index in [1.54, 1.807) is 36.4 Å². The first-order valence-electron chi connectivity index (χ1n) is 8.25. The lowest BCUT2D eigenvalue weighted by Gasteiger charge is -2.14. The van der Waals surface area contributed by atoms with Crippen LogP contribution in [0.5, 0.6) is 17.2 Å². The van der Waals surface area contributed by atoms with E-state index in [1.165, 1.54) is 28.4 Å². The van der Waals surface area contributed by atoms with Gasteiger partial charge >= 0.3 is 5.97 Å². The maximum atomic E-state index is 12.3. The number of hydrogen-bond acceptors (Lipinski definition) is 6. The second-order valence-corrected chi connectivity index (χ2v) is 5.68. The molecule has 27 heavy (non-hydrogen) atoms.